The number of aromatic nitrogens is 1. The Bertz CT molecular complexity index is 1650. The van der Waals surface area contributed by atoms with E-state index in [4.69, 9.17) is 13.6 Å². The Morgan fingerprint density at radius 2 is 1.51 bits per heavy atom. The zero-order chi connectivity index (χ0) is 24.9. The lowest BCUT2D eigenvalue weighted by Crippen LogP contribution is -2.31. The number of nitrogens with zero attached hydrogens (tertiary/aromatic N) is 1. The van der Waals surface area contributed by atoms with Gasteiger partial charge in [0.1, 0.15) is 35.1 Å². The molecule has 0 saturated carbocycles. The van der Waals surface area contributed by atoms with Crippen LogP contribution in [0.15, 0.2) is 45.4 Å². The number of hydrogen-bond donors (Lipinski definition) is 0. The number of rotatable bonds is 2. The molecule has 0 atom stereocenters. The quantitative estimate of drug-likeness (QED) is 0.239. The van der Waals surface area contributed by atoms with Crippen molar-refractivity contribution < 1.29 is 18.1 Å². The van der Waals surface area contributed by atoms with E-state index < -0.39 is 0 Å². The van der Waals surface area contributed by atoms with Gasteiger partial charge in [0, 0.05) is 28.8 Å². The van der Waals surface area contributed by atoms with E-state index in [9.17, 15) is 0 Å². The summed E-state index contributed by atoms with van der Waals surface area (Å²) < 4.78 is 22.1. The van der Waals surface area contributed by atoms with Crippen molar-refractivity contribution in [2.45, 2.75) is 61.3 Å². The molecule has 1 aliphatic rings. The lowest BCUT2D eigenvalue weighted by Gasteiger charge is -2.26. The van der Waals surface area contributed by atoms with Crippen LogP contribution in [-0.2, 0) is 19.9 Å². The van der Waals surface area contributed by atoms with Crippen LogP contribution in [-0.4, -0.2) is 0 Å². The van der Waals surface area contributed by atoms with Crippen molar-refractivity contribution in [3.05, 3.63) is 53.4 Å². The molecule has 4 nitrogen and oxygen atoms in total. The summed E-state index contributed by atoms with van der Waals surface area (Å²) in [5.74, 6) is 2.68. The van der Waals surface area contributed by atoms with E-state index in [0.29, 0.717) is 0 Å². The fourth-order valence-corrected chi connectivity index (χ4v) is 5.63. The van der Waals surface area contributed by atoms with Crippen molar-refractivity contribution in [1.29, 1.82) is 0 Å². The minimum Gasteiger partial charge on any atom is -0.456 e. The Morgan fingerprint density at radius 1 is 0.800 bits per heavy atom. The van der Waals surface area contributed by atoms with Crippen molar-refractivity contribution in [1.82, 2.24) is 0 Å². The van der Waals surface area contributed by atoms with Crippen molar-refractivity contribution in [2.75, 3.05) is 0 Å². The number of fused-ring (bicyclic) bond motifs is 5. The molecule has 0 bridgehead atoms. The largest absolute Gasteiger partial charge is 0.456 e. The number of aryl methyl sites for hydroxylation is 2. The molecule has 1 aliphatic heterocycles. The first kappa shape index (κ1) is 22.2. The average molecular weight is 469 g/mol. The molecule has 0 amide bonds. The highest BCUT2D eigenvalue weighted by Crippen LogP contribution is 2.55. The molecule has 0 spiro atoms. The molecule has 2 aromatic carbocycles. The van der Waals surface area contributed by atoms with Gasteiger partial charge in [0.25, 0.3) is 0 Å². The van der Waals surface area contributed by atoms with Crippen LogP contribution in [0.25, 0.3) is 44.2 Å². The van der Waals surface area contributed by atoms with E-state index >= 15 is 0 Å². The third-order valence-electron chi connectivity index (χ3n) is 6.96. The second-order valence-corrected chi connectivity index (χ2v) is 12.6. The standard InChI is InChI=1S/C31H34NO3/c1-17-23-18-11-9-10-12-20(18)34-27(23)19(15-30(2,3)4)28-24(17)26-25-21(13-14-32(26)8)33-22(29(25)35-28)16-31(5,6)7/h9-14H,15-16H2,1-8H3/q+1. The minimum absolute atomic E-state index is 0.0530. The molecule has 0 unspecified atom stereocenters. The zero-order valence-electron chi connectivity index (χ0n) is 22.1. The summed E-state index contributed by atoms with van der Waals surface area (Å²) in [5.41, 5.74) is 7.49. The van der Waals surface area contributed by atoms with Gasteiger partial charge < -0.3 is 13.6 Å². The van der Waals surface area contributed by atoms with Crippen molar-refractivity contribution in [3.8, 4) is 22.8 Å². The first-order valence-corrected chi connectivity index (χ1v) is 12.5. The highest BCUT2D eigenvalue weighted by molar-refractivity contribution is 6.13. The van der Waals surface area contributed by atoms with E-state index in [2.05, 4.69) is 90.5 Å². The number of hydrogen-bond acceptors (Lipinski definition) is 3. The molecule has 0 aliphatic carbocycles. The molecule has 35 heavy (non-hydrogen) atoms. The van der Waals surface area contributed by atoms with E-state index in [1.807, 2.05) is 6.07 Å². The van der Waals surface area contributed by atoms with Crippen molar-refractivity contribution in [2.24, 2.45) is 17.9 Å². The number of ether oxygens (including phenoxy) is 1. The van der Waals surface area contributed by atoms with Crippen LogP contribution >= 0.6 is 0 Å². The summed E-state index contributed by atoms with van der Waals surface area (Å²) in [4.78, 5) is 0. The fraction of sp³-hybridized carbons (Fsp3) is 0.387. The highest BCUT2D eigenvalue weighted by atomic mass is 16.5. The Labute approximate surface area is 206 Å². The van der Waals surface area contributed by atoms with Gasteiger partial charge in [0.2, 0.25) is 5.69 Å². The molecular formula is C31H34NO3+. The molecule has 0 saturated heterocycles. The van der Waals surface area contributed by atoms with Gasteiger partial charge in [-0.05, 0) is 35.8 Å². The number of pyridine rings is 1. The Hall–Kier alpha value is -3.27. The topological polar surface area (TPSA) is 39.4 Å². The first-order valence-electron chi connectivity index (χ1n) is 12.5. The van der Waals surface area contributed by atoms with Gasteiger partial charge in [0.15, 0.2) is 17.5 Å². The third-order valence-corrected chi connectivity index (χ3v) is 6.96. The van der Waals surface area contributed by atoms with Crippen LogP contribution in [0.5, 0.6) is 11.5 Å². The highest BCUT2D eigenvalue weighted by Gasteiger charge is 2.38. The fourth-order valence-electron chi connectivity index (χ4n) is 5.63. The first-order chi connectivity index (χ1) is 16.4. The monoisotopic (exact) mass is 468 g/mol. The van der Waals surface area contributed by atoms with E-state index in [1.165, 1.54) is 10.9 Å². The Balaban J connectivity index is 1.78. The van der Waals surface area contributed by atoms with Crippen LogP contribution in [0.4, 0.5) is 0 Å². The smallest absolute Gasteiger partial charge is 0.231 e. The minimum atomic E-state index is 0.0530. The summed E-state index contributed by atoms with van der Waals surface area (Å²) >= 11 is 0. The summed E-state index contributed by atoms with van der Waals surface area (Å²) in [6.07, 6.45) is 3.74. The van der Waals surface area contributed by atoms with E-state index in [-0.39, 0.29) is 10.8 Å². The molecule has 0 radical (unpaired) electrons. The SMILES string of the molecule is Cc1c2c(c(CC(C)(C)C)c3oc4ccccc4c13)Oc1c(CC(C)(C)C)oc3cc[n+](C)c-2c13. The van der Waals surface area contributed by atoms with Crippen LogP contribution in [0, 0.1) is 17.8 Å². The predicted molar refractivity (Wildman–Crippen MR) is 141 cm³/mol. The van der Waals surface area contributed by atoms with Gasteiger partial charge in [-0.3, -0.25) is 0 Å². The van der Waals surface area contributed by atoms with Crippen molar-refractivity contribution in [3.63, 3.8) is 0 Å². The number of para-hydroxylation sites is 1. The Kier molecular flexibility index (Phi) is 4.52. The zero-order valence-corrected chi connectivity index (χ0v) is 22.1. The third kappa shape index (κ3) is 3.37. The Morgan fingerprint density at radius 3 is 2.23 bits per heavy atom. The van der Waals surface area contributed by atoms with Gasteiger partial charge in [-0.1, -0.05) is 59.7 Å². The van der Waals surface area contributed by atoms with Gasteiger partial charge in [-0.2, -0.15) is 4.57 Å². The molecular weight excluding hydrogens is 434 g/mol. The molecule has 6 rings (SSSR count). The van der Waals surface area contributed by atoms with Gasteiger partial charge in [0.05, 0.1) is 5.56 Å². The molecule has 0 N–H and O–H groups in total. The van der Waals surface area contributed by atoms with Crippen LogP contribution in [0.2, 0.25) is 0 Å². The molecule has 5 aromatic rings. The van der Waals surface area contributed by atoms with Gasteiger partial charge >= 0.3 is 0 Å². The second-order valence-electron chi connectivity index (χ2n) is 12.6. The summed E-state index contributed by atoms with van der Waals surface area (Å²) in [6.45, 7) is 15.7. The summed E-state index contributed by atoms with van der Waals surface area (Å²) in [7, 11) is 2.12. The van der Waals surface area contributed by atoms with Gasteiger partial charge in [-0.15, -0.1) is 0 Å². The maximum Gasteiger partial charge on any atom is 0.231 e. The van der Waals surface area contributed by atoms with Crippen LogP contribution in [0.1, 0.15) is 58.4 Å². The summed E-state index contributed by atoms with van der Waals surface area (Å²) in [6, 6.07) is 10.4. The molecule has 3 aromatic heterocycles. The summed E-state index contributed by atoms with van der Waals surface area (Å²) in [5, 5.41) is 3.40. The van der Waals surface area contributed by atoms with Crippen LogP contribution < -0.4 is 9.30 Å². The lowest BCUT2D eigenvalue weighted by atomic mass is 9.83. The maximum atomic E-state index is 6.92. The lowest BCUT2D eigenvalue weighted by molar-refractivity contribution is -0.659. The molecule has 4 heteroatoms. The normalized spacial score (nSPS) is 13.6. The van der Waals surface area contributed by atoms with Crippen molar-refractivity contribution >= 4 is 32.9 Å². The average Bonchev–Trinajstić information content (AvgIpc) is 3.30. The van der Waals surface area contributed by atoms with Crippen LogP contribution in [0.3, 0.4) is 0 Å². The number of furan rings is 2. The predicted octanol–water partition coefficient (Wildman–Crippen LogP) is 8.42. The number of benzene rings is 2. The molecule has 180 valence electrons. The second kappa shape index (κ2) is 7.13. The van der Waals surface area contributed by atoms with E-state index in [0.717, 1.165) is 74.4 Å². The molecule has 0 fully saturated rings. The van der Waals surface area contributed by atoms with E-state index in [1.54, 1.807) is 0 Å². The molecule has 4 heterocycles. The maximum absolute atomic E-state index is 6.92. The van der Waals surface area contributed by atoms with Gasteiger partial charge in [-0.25, -0.2) is 0 Å².